The average molecular weight is 281 g/mol. The van der Waals surface area contributed by atoms with Gasteiger partial charge < -0.3 is 13.7 Å². The van der Waals surface area contributed by atoms with E-state index in [0.29, 0.717) is 30.0 Å². The first-order valence-corrected chi connectivity index (χ1v) is 7.01. The number of benzene rings is 1. The fourth-order valence-corrected chi connectivity index (χ4v) is 2.85. The van der Waals surface area contributed by atoms with Crippen molar-refractivity contribution >= 4 is 5.69 Å². The predicted octanol–water partition coefficient (Wildman–Crippen LogP) is 3.45. The van der Waals surface area contributed by atoms with Gasteiger partial charge in [0.15, 0.2) is 5.76 Å². The van der Waals surface area contributed by atoms with Crippen LogP contribution < -0.4 is 4.90 Å². The Bertz CT molecular complexity index is 748. The quantitative estimate of drug-likeness (QED) is 0.736. The average Bonchev–Trinajstić information content (AvgIpc) is 3.21. The molecular weight excluding hydrogens is 266 g/mol. The highest BCUT2D eigenvalue weighted by molar-refractivity contribution is 5.59. The Labute approximate surface area is 122 Å². The van der Waals surface area contributed by atoms with Gasteiger partial charge in [-0.3, -0.25) is 0 Å². The number of rotatable bonds is 3. The molecule has 3 heterocycles. The van der Waals surface area contributed by atoms with Crippen LogP contribution >= 0.6 is 0 Å². The smallest absolute Gasteiger partial charge is 0.283 e. The third-order valence-electron chi connectivity index (χ3n) is 3.83. The molecule has 2 aromatic heterocycles. The molecule has 1 atom stereocenters. The summed E-state index contributed by atoms with van der Waals surface area (Å²) in [6.07, 6.45) is 1.59. The molecule has 0 radical (unpaired) electrons. The van der Waals surface area contributed by atoms with Gasteiger partial charge in [0.2, 0.25) is 5.89 Å². The van der Waals surface area contributed by atoms with Crippen LogP contribution in [0.2, 0.25) is 0 Å². The fraction of sp³-hybridized carbons (Fsp3) is 0.250. The van der Waals surface area contributed by atoms with E-state index in [9.17, 15) is 0 Å². The molecule has 4 rings (SSSR count). The number of nitrogens with zero attached hydrogens (tertiary/aromatic N) is 3. The Balaban J connectivity index is 1.58. The topological polar surface area (TPSA) is 55.3 Å². The van der Waals surface area contributed by atoms with E-state index in [4.69, 9.17) is 8.83 Å². The van der Waals surface area contributed by atoms with E-state index in [0.717, 1.165) is 6.54 Å². The lowest BCUT2D eigenvalue weighted by molar-refractivity contribution is 0.475. The summed E-state index contributed by atoms with van der Waals surface area (Å²) >= 11 is 0. The van der Waals surface area contributed by atoms with Crippen molar-refractivity contribution in [2.75, 3.05) is 11.4 Å². The van der Waals surface area contributed by atoms with Gasteiger partial charge in [0.1, 0.15) is 0 Å². The summed E-state index contributed by atoms with van der Waals surface area (Å²) < 4.78 is 10.9. The summed E-state index contributed by atoms with van der Waals surface area (Å²) in [5.74, 6) is 2.15. The number of hydrogen-bond acceptors (Lipinski definition) is 5. The molecule has 1 aliphatic heterocycles. The molecule has 0 aliphatic carbocycles. The van der Waals surface area contributed by atoms with E-state index in [1.54, 1.807) is 12.3 Å². The molecule has 1 aliphatic rings. The number of fused-ring (bicyclic) bond motifs is 1. The molecule has 0 N–H and O–H groups in total. The Morgan fingerprint density at radius 1 is 1.19 bits per heavy atom. The molecule has 1 unspecified atom stereocenters. The van der Waals surface area contributed by atoms with Crippen molar-refractivity contribution in [2.45, 2.75) is 19.4 Å². The summed E-state index contributed by atoms with van der Waals surface area (Å²) in [7, 11) is 0. The standard InChI is InChI=1S/C16H15N3O2/c1-11-9-19(13-6-3-2-5-12(11)13)10-15-17-18-16(21-15)14-7-4-8-20-14/h2-8,11H,9-10H2,1H3. The van der Waals surface area contributed by atoms with Crippen molar-refractivity contribution in [2.24, 2.45) is 0 Å². The monoisotopic (exact) mass is 281 g/mol. The highest BCUT2D eigenvalue weighted by Crippen LogP contribution is 2.36. The van der Waals surface area contributed by atoms with Crippen LogP contribution in [0.3, 0.4) is 0 Å². The van der Waals surface area contributed by atoms with Gasteiger partial charge in [0, 0.05) is 18.2 Å². The number of anilines is 1. The third kappa shape index (κ3) is 2.11. The molecule has 1 aromatic carbocycles. The second-order valence-electron chi connectivity index (χ2n) is 5.32. The van der Waals surface area contributed by atoms with Crippen molar-refractivity contribution in [3.63, 3.8) is 0 Å². The van der Waals surface area contributed by atoms with Crippen molar-refractivity contribution in [3.05, 3.63) is 54.1 Å². The van der Waals surface area contributed by atoms with Crippen LogP contribution in [0.4, 0.5) is 5.69 Å². The van der Waals surface area contributed by atoms with Crippen molar-refractivity contribution in [1.82, 2.24) is 10.2 Å². The van der Waals surface area contributed by atoms with Crippen LogP contribution in [0.25, 0.3) is 11.7 Å². The van der Waals surface area contributed by atoms with Gasteiger partial charge in [0.05, 0.1) is 12.8 Å². The first kappa shape index (κ1) is 12.2. The minimum absolute atomic E-state index is 0.426. The molecule has 106 valence electrons. The van der Waals surface area contributed by atoms with Crippen LogP contribution in [0.15, 0.2) is 51.5 Å². The van der Waals surface area contributed by atoms with E-state index >= 15 is 0 Å². The Morgan fingerprint density at radius 3 is 2.95 bits per heavy atom. The van der Waals surface area contributed by atoms with Crippen LogP contribution in [0, 0.1) is 0 Å². The van der Waals surface area contributed by atoms with E-state index in [2.05, 4.69) is 46.3 Å². The highest BCUT2D eigenvalue weighted by atomic mass is 16.4. The highest BCUT2D eigenvalue weighted by Gasteiger charge is 2.26. The molecule has 0 bridgehead atoms. The lowest BCUT2D eigenvalue weighted by atomic mass is 10.0. The van der Waals surface area contributed by atoms with Crippen molar-refractivity contribution in [3.8, 4) is 11.7 Å². The predicted molar refractivity (Wildman–Crippen MR) is 77.9 cm³/mol. The van der Waals surface area contributed by atoms with Gasteiger partial charge >= 0.3 is 0 Å². The SMILES string of the molecule is CC1CN(Cc2nnc(-c3ccco3)o2)c2ccccc21. The molecule has 0 saturated heterocycles. The lowest BCUT2D eigenvalue weighted by Crippen LogP contribution is -2.20. The number of aromatic nitrogens is 2. The molecule has 0 amide bonds. The van der Waals surface area contributed by atoms with E-state index in [1.165, 1.54) is 11.3 Å². The summed E-state index contributed by atoms with van der Waals surface area (Å²) in [6.45, 7) is 3.83. The zero-order valence-electron chi connectivity index (χ0n) is 11.7. The van der Waals surface area contributed by atoms with Gasteiger partial charge in [-0.05, 0) is 23.8 Å². The van der Waals surface area contributed by atoms with E-state index in [1.807, 2.05) is 6.07 Å². The van der Waals surface area contributed by atoms with Crippen LogP contribution in [-0.4, -0.2) is 16.7 Å². The summed E-state index contributed by atoms with van der Waals surface area (Å²) in [5.41, 5.74) is 2.63. The first-order chi connectivity index (χ1) is 10.3. The normalized spacial score (nSPS) is 17.2. The fourth-order valence-electron chi connectivity index (χ4n) is 2.85. The number of para-hydroxylation sites is 1. The second kappa shape index (κ2) is 4.77. The minimum atomic E-state index is 0.426. The Morgan fingerprint density at radius 2 is 2.10 bits per heavy atom. The maximum atomic E-state index is 5.68. The molecule has 0 spiro atoms. The van der Waals surface area contributed by atoms with Gasteiger partial charge in [-0.1, -0.05) is 25.1 Å². The lowest BCUT2D eigenvalue weighted by Gasteiger charge is -2.16. The molecular formula is C16H15N3O2. The van der Waals surface area contributed by atoms with E-state index < -0.39 is 0 Å². The number of hydrogen-bond donors (Lipinski definition) is 0. The van der Waals surface area contributed by atoms with Gasteiger partial charge in [-0.15, -0.1) is 10.2 Å². The molecule has 3 aromatic rings. The van der Waals surface area contributed by atoms with Gasteiger partial charge in [-0.25, -0.2) is 0 Å². The minimum Gasteiger partial charge on any atom is -0.459 e. The molecule has 5 heteroatoms. The largest absolute Gasteiger partial charge is 0.459 e. The summed E-state index contributed by atoms with van der Waals surface area (Å²) in [5, 5.41) is 8.15. The van der Waals surface area contributed by atoms with Crippen LogP contribution in [0.1, 0.15) is 24.3 Å². The van der Waals surface area contributed by atoms with Crippen molar-refractivity contribution < 1.29 is 8.83 Å². The summed E-state index contributed by atoms with van der Waals surface area (Å²) in [6, 6.07) is 12.1. The Kier molecular flexibility index (Phi) is 2.77. The van der Waals surface area contributed by atoms with Crippen LogP contribution in [-0.2, 0) is 6.54 Å². The summed E-state index contributed by atoms with van der Waals surface area (Å²) in [4.78, 5) is 2.28. The third-order valence-corrected chi connectivity index (χ3v) is 3.83. The van der Waals surface area contributed by atoms with Crippen LogP contribution in [0.5, 0.6) is 0 Å². The molecule has 5 nitrogen and oxygen atoms in total. The van der Waals surface area contributed by atoms with Gasteiger partial charge in [0.25, 0.3) is 5.89 Å². The van der Waals surface area contributed by atoms with Crippen molar-refractivity contribution in [1.29, 1.82) is 0 Å². The Hall–Kier alpha value is -2.56. The first-order valence-electron chi connectivity index (χ1n) is 7.01. The maximum Gasteiger partial charge on any atom is 0.283 e. The molecule has 21 heavy (non-hydrogen) atoms. The zero-order valence-corrected chi connectivity index (χ0v) is 11.7. The number of furan rings is 1. The maximum absolute atomic E-state index is 5.68. The molecule has 0 saturated carbocycles. The van der Waals surface area contributed by atoms with E-state index in [-0.39, 0.29) is 0 Å². The zero-order chi connectivity index (χ0) is 14.2. The van der Waals surface area contributed by atoms with Gasteiger partial charge in [-0.2, -0.15) is 0 Å². The molecule has 0 fully saturated rings. The second-order valence-corrected chi connectivity index (χ2v) is 5.32.